The molecule has 0 amide bonds. The normalized spacial score (nSPS) is 10.5. The smallest absolute Gasteiger partial charge is 0.124 e. The highest BCUT2D eigenvalue weighted by Crippen LogP contribution is 2.23. The Kier molecular flexibility index (Phi) is 5.23. The molecule has 2 N–H and O–H groups in total. The van der Waals surface area contributed by atoms with Crippen molar-refractivity contribution in [2.45, 2.75) is 33.9 Å². The highest BCUT2D eigenvalue weighted by atomic mass is 16.5. The van der Waals surface area contributed by atoms with Crippen LogP contribution in [-0.2, 0) is 13.2 Å². The second-order valence-corrected chi connectivity index (χ2v) is 5.20. The molecule has 0 unspecified atom stereocenters. The third-order valence-electron chi connectivity index (χ3n) is 3.52. The molecule has 0 bridgehead atoms. The van der Waals surface area contributed by atoms with Gasteiger partial charge in [0.05, 0.1) is 13.2 Å². The van der Waals surface area contributed by atoms with Crippen LogP contribution < -0.4 is 10.1 Å². The van der Waals surface area contributed by atoms with Crippen molar-refractivity contribution in [2.24, 2.45) is 0 Å². The monoisotopic (exact) mass is 285 g/mol. The molecule has 0 saturated heterocycles. The summed E-state index contributed by atoms with van der Waals surface area (Å²) in [6, 6.07) is 12.3. The SMILES string of the molecule is CCOc1ccc(NCc2cc(C)ccc2C)cc1CO. The summed E-state index contributed by atoms with van der Waals surface area (Å²) in [6.07, 6.45) is 0. The van der Waals surface area contributed by atoms with Crippen molar-refractivity contribution in [3.05, 3.63) is 58.7 Å². The van der Waals surface area contributed by atoms with Crippen molar-refractivity contribution in [3.63, 3.8) is 0 Å². The van der Waals surface area contributed by atoms with E-state index in [-0.39, 0.29) is 6.61 Å². The fraction of sp³-hybridized carbons (Fsp3) is 0.333. The van der Waals surface area contributed by atoms with E-state index in [0.29, 0.717) is 6.61 Å². The van der Waals surface area contributed by atoms with Gasteiger partial charge < -0.3 is 15.2 Å². The number of nitrogens with one attached hydrogen (secondary N) is 1. The van der Waals surface area contributed by atoms with Crippen LogP contribution in [0.4, 0.5) is 5.69 Å². The summed E-state index contributed by atoms with van der Waals surface area (Å²) in [7, 11) is 0. The molecule has 0 aliphatic carbocycles. The van der Waals surface area contributed by atoms with E-state index in [9.17, 15) is 5.11 Å². The molecule has 2 aromatic rings. The minimum absolute atomic E-state index is 0.0195. The first kappa shape index (κ1) is 15.4. The van der Waals surface area contributed by atoms with Gasteiger partial charge in [-0.25, -0.2) is 0 Å². The van der Waals surface area contributed by atoms with Crippen molar-refractivity contribution in [2.75, 3.05) is 11.9 Å². The molecule has 0 spiro atoms. The molecule has 3 nitrogen and oxygen atoms in total. The Balaban J connectivity index is 2.11. The lowest BCUT2D eigenvalue weighted by Crippen LogP contribution is -2.03. The van der Waals surface area contributed by atoms with Crippen molar-refractivity contribution in [1.82, 2.24) is 0 Å². The molecule has 0 atom stereocenters. The van der Waals surface area contributed by atoms with E-state index in [0.717, 1.165) is 23.5 Å². The fourth-order valence-corrected chi connectivity index (χ4v) is 2.30. The van der Waals surface area contributed by atoms with Gasteiger partial charge in [-0.2, -0.15) is 0 Å². The number of rotatable bonds is 6. The maximum atomic E-state index is 9.43. The van der Waals surface area contributed by atoms with Gasteiger partial charge in [-0.05, 0) is 50.1 Å². The summed E-state index contributed by atoms with van der Waals surface area (Å²) in [5.74, 6) is 0.747. The third-order valence-corrected chi connectivity index (χ3v) is 3.52. The van der Waals surface area contributed by atoms with Gasteiger partial charge in [0.25, 0.3) is 0 Å². The zero-order valence-corrected chi connectivity index (χ0v) is 12.9. The van der Waals surface area contributed by atoms with Crippen LogP contribution in [0.5, 0.6) is 5.75 Å². The van der Waals surface area contributed by atoms with Crippen molar-refractivity contribution >= 4 is 5.69 Å². The first-order valence-electron chi connectivity index (χ1n) is 7.30. The van der Waals surface area contributed by atoms with Gasteiger partial charge >= 0.3 is 0 Å². The van der Waals surface area contributed by atoms with Crippen LogP contribution in [0, 0.1) is 13.8 Å². The van der Waals surface area contributed by atoms with Crippen molar-refractivity contribution in [3.8, 4) is 5.75 Å². The molecule has 2 rings (SSSR count). The summed E-state index contributed by atoms with van der Waals surface area (Å²) in [5, 5.41) is 12.8. The van der Waals surface area contributed by atoms with Crippen LogP contribution in [0.3, 0.4) is 0 Å². The van der Waals surface area contributed by atoms with E-state index >= 15 is 0 Å². The average Bonchev–Trinajstić information content (AvgIpc) is 2.49. The van der Waals surface area contributed by atoms with Crippen LogP contribution in [0.1, 0.15) is 29.2 Å². The second-order valence-electron chi connectivity index (χ2n) is 5.20. The Morgan fingerprint density at radius 2 is 1.86 bits per heavy atom. The molecule has 0 fully saturated rings. The van der Waals surface area contributed by atoms with Crippen LogP contribution in [0.2, 0.25) is 0 Å². The molecule has 112 valence electrons. The van der Waals surface area contributed by atoms with E-state index < -0.39 is 0 Å². The van der Waals surface area contributed by atoms with Crippen LogP contribution in [0.15, 0.2) is 36.4 Å². The average molecular weight is 285 g/mol. The fourth-order valence-electron chi connectivity index (χ4n) is 2.30. The van der Waals surface area contributed by atoms with Crippen LogP contribution >= 0.6 is 0 Å². The summed E-state index contributed by atoms with van der Waals surface area (Å²) in [5.41, 5.74) is 5.63. The van der Waals surface area contributed by atoms with E-state index in [1.54, 1.807) is 0 Å². The van der Waals surface area contributed by atoms with E-state index in [4.69, 9.17) is 4.74 Å². The van der Waals surface area contributed by atoms with E-state index in [2.05, 4.69) is 37.4 Å². The number of aliphatic hydroxyl groups excluding tert-OH is 1. The minimum Gasteiger partial charge on any atom is -0.494 e. The lowest BCUT2D eigenvalue weighted by atomic mass is 10.1. The number of hydrogen-bond acceptors (Lipinski definition) is 3. The standard InChI is InChI=1S/C18H23NO2/c1-4-21-18-8-7-17(10-16(18)12-20)19-11-15-9-13(2)5-6-14(15)3/h5-10,19-20H,4,11-12H2,1-3H3. The molecule has 21 heavy (non-hydrogen) atoms. The summed E-state index contributed by atoms with van der Waals surface area (Å²) in [6.45, 7) is 7.51. The van der Waals surface area contributed by atoms with Gasteiger partial charge in [0.2, 0.25) is 0 Å². The van der Waals surface area contributed by atoms with Crippen molar-refractivity contribution < 1.29 is 9.84 Å². The zero-order valence-electron chi connectivity index (χ0n) is 12.9. The topological polar surface area (TPSA) is 41.5 Å². The van der Waals surface area contributed by atoms with Gasteiger partial charge in [-0.15, -0.1) is 0 Å². The Bertz CT molecular complexity index is 608. The molecular formula is C18H23NO2. The first-order valence-corrected chi connectivity index (χ1v) is 7.30. The number of benzene rings is 2. The molecule has 0 heterocycles. The summed E-state index contributed by atoms with van der Waals surface area (Å²) >= 11 is 0. The summed E-state index contributed by atoms with van der Waals surface area (Å²) in [4.78, 5) is 0. The Labute approximate surface area is 126 Å². The number of hydrogen-bond donors (Lipinski definition) is 2. The van der Waals surface area contributed by atoms with Gasteiger partial charge in [-0.3, -0.25) is 0 Å². The number of aliphatic hydroxyl groups is 1. The number of ether oxygens (including phenoxy) is 1. The van der Waals surface area contributed by atoms with Crippen LogP contribution in [0.25, 0.3) is 0 Å². The zero-order chi connectivity index (χ0) is 15.2. The van der Waals surface area contributed by atoms with Crippen LogP contribution in [-0.4, -0.2) is 11.7 Å². The Hall–Kier alpha value is -2.00. The highest BCUT2D eigenvalue weighted by molar-refractivity contribution is 5.51. The third kappa shape index (κ3) is 3.99. The highest BCUT2D eigenvalue weighted by Gasteiger charge is 2.05. The number of anilines is 1. The minimum atomic E-state index is -0.0195. The molecule has 0 radical (unpaired) electrons. The van der Waals surface area contributed by atoms with Gasteiger partial charge in [-0.1, -0.05) is 23.8 Å². The predicted molar refractivity (Wildman–Crippen MR) is 86.8 cm³/mol. The molecule has 2 aromatic carbocycles. The predicted octanol–water partition coefficient (Wildman–Crippen LogP) is 3.81. The Morgan fingerprint density at radius 3 is 2.57 bits per heavy atom. The molecule has 0 aliphatic heterocycles. The van der Waals surface area contributed by atoms with Gasteiger partial charge in [0.1, 0.15) is 5.75 Å². The maximum Gasteiger partial charge on any atom is 0.124 e. The second kappa shape index (κ2) is 7.14. The Morgan fingerprint density at radius 1 is 1.05 bits per heavy atom. The molecule has 3 heteroatoms. The molecule has 0 aromatic heterocycles. The largest absolute Gasteiger partial charge is 0.494 e. The number of aryl methyl sites for hydroxylation is 2. The molecule has 0 saturated carbocycles. The molecular weight excluding hydrogens is 262 g/mol. The lowest BCUT2D eigenvalue weighted by molar-refractivity contribution is 0.267. The van der Waals surface area contributed by atoms with E-state index in [1.807, 2.05) is 25.1 Å². The lowest BCUT2D eigenvalue weighted by Gasteiger charge is -2.13. The maximum absolute atomic E-state index is 9.43. The van der Waals surface area contributed by atoms with E-state index in [1.165, 1.54) is 16.7 Å². The molecule has 0 aliphatic rings. The van der Waals surface area contributed by atoms with Gasteiger partial charge in [0, 0.05) is 17.8 Å². The quantitative estimate of drug-likeness (QED) is 0.848. The van der Waals surface area contributed by atoms with Gasteiger partial charge in [0.15, 0.2) is 0 Å². The summed E-state index contributed by atoms with van der Waals surface area (Å²) < 4.78 is 5.49. The van der Waals surface area contributed by atoms with Crippen molar-refractivity contribution in [1.29, 1.82) is 0 Å². The first-order chi connectivity index (χ1) is 10.1.